The lowest BCUT2D eigenvalue weighted by molar-refractivity contribution is 0.122. The molecule has 1 aromatic heterocycles. The Balaban J connectivity index is 0.00000225. The monoisotopic (exact) mass is 399 g/mol. The van der Waals surface area contributed by atoms with Crippen molar-refractivity contribution in [2.24, 2.45) is 0 Å². The molecule has 3 aromatic rings. The van der Waals surface area contributed by atoms with E-state index in [1.165, 1.54) is 16.5 Å². The molecule has 0 spiro atoms. The van der Waals surface area contributed by atoms with Crippen molar-refractivity contribution in [1.82, 2.24) is 10.3 Å². The van der Waals surface area contributed by atoms with Gasteiger partial charge in [0.2, 0.25) is 0 Å². The standard InChI is InChI=1S/C22H25N3O2.ClH/c1-26-20-7-4-5-17(13-20)15-23-16-19-14-18-6-2-3-8-21(18)24-22(19)25-9-11-27-12-10-25;/h2-8,13-14,23H,9-12,15-16H2,1H3;1H. The number of morpholine rings is 1. The smallest absolute Gasteiger partial charge is 0.133 e. The predicted molar refractivity (Wildman–Crippen MR) is 116 cm³/mol. The van der Waals surface area contributed by atoms with Crippen molar-refractivity contribution in [2.45, 2.75) is 13.1 Å². The van der Waals surface area contributed by atoms with Crippen LogP contribution in [0.5, 0.6) is 5.75 Å². The van der Waals surface area contributed by atoms with E-state index in [4.69, 9.17) is 14.5 Å². The molecule has 6 heteroatoms. The number of benzene rings is 2. The molecule has 0 bridgehead atoms. The molecular weight excluding hydrogens is 374 g/mol. The van der Waals surface area contributed by atoms with Gasteiger partial charge in [-0.15, -0.1) is 12.4 Å². The van der Waals surface area contributed by atoms with Crippen LogP contribution >= 0.6 is 12.4 Å². The van der Waals surface area contributed by atoms with Crippen LogP contribution < -0.4 is 15.0 Å². The SMILES string of the molecule is COc1cccc(CNCc2cc3ccccc3nc2N2CCOCC2)c1.Cl. The molecule has 0 aliphatic carbocycles. The summed E-state index contributed by atoms with van der Waals surface area (Å²) in [7, 11) is 1.70. The van der Waals surface area contributed by atoms with Crippen LogP contribution in [-0.2, 0) is 17.8 Å². The molecular formula is C22H26ClN3O2. The first-order valence-electron chi connectivity index (χ1n) is 9.38. The van der Waals surface area contributed by atoms with Gasteiger partial charge in [0.25, 0.3) is 0 Å². The maximum absolute atomic E-state index is 5.51. The lowest BCUT2D eigenvalue weighted by Crippen LogP contribution is -2.37. The molecule has 28 heavy (non-hydrogen) atoms. The van der Waals surface area contributed by atoms with E-state index in [-0.39, 0.29) is 12.4 Å². The summed E-state index contributed by atoms with van der Waals surface area (Å²) in [5.41, 5.74) is 3.46. The molecule has 1 fully saturated rings. The zero-order valence-corrected chi connectivity index (χ0v) is 16.9. The number of pyridine rings is 1. The minimum absolute atomic E-state index is 0. The summed E-state index contributed by atoms with van der Waals surface area (Å²) in [6, 6.07) is 18.7. The maximum atomic E-state index is 5.51. The minimum atomic E-state index is 0. The van der Waals surface area contributed by atoms with Crippen LogP contribution in [0.25, 0.3) is 10.9 Å². The van der Waals surface area contributed by atoms with Gasteiger partial charge in [0, 0.05) is 37.1 Å². The molecule has 4 rings (SSSR count). The normalized spacial score (nSPS) is 14.0. The van der Waals surface area contributed by atoms with Gasteiger partial charge in [-0.05, 0) is 29.8 Å². The number of ether oxygens (including phenoxy) is 2. The number of hydrogen-bond donors (Lipinski definition) is 1. The van der Waals surface area contributed by atoms with E-state index in [2.05, 4.69) is 46.6 Å². The lowest BCUT2D eigenvalue weighted by atomic mass is 10.1. The molecule has 2 aromatic carbocycles. The number of fused-ring (bicyclic) bond motifs is 1. The summed E-state index contributed by atoms with van der Waals surface area (Å²) in [5.74, 6) is 1.95. The molecule has 5 nitrogen and oxygen atoms in total. The van der Waals surface area contributed by atoms with Gasteiger partial charge in [0.15, 0.2) is 0 Å². The lowest BCUT2D eigenvalue weighted by Gasteiger charge is -2.30. The number of aromatic nitrogens is 1. The summed E-state index contributed by atoms with van der Waals surface area (Å²) >= 11 is 0. The number of rotatable bonds is 6. The van der Waals surface area contributed by atoms with Crippen LogP contribution in [0.4, 0.5) is 5.82 Å². The Labute approximate surface area is 172 Å². The maximum Gasteiger partial charge on any atom is 0.133 e. The fourth-order valence-electron chi connectivity index (χ4n) is 3.45. The first kappa shape index (κ1) is 20.4. The van der Waals surface area contributed by atoms with Crippen molar-refractivity contribution in [2.75, 3.05) is 38.3 Å². The third-order valence-electron chi connectivity index (χ3n) is 4.87. The van der Waals surface area contributed by atoms with Gasteiger partial charge < -0.3 is 19.7 Å². The van der Waals surface area contributed by atoms with Gasteiger partial charge in [-0.3, -0.25) is 0 Å². The molecule has 1 saturated heterocycles. The number of para-hydroxylation sites is 1. The highest BCUT2D eigenvalue weighted by Gasteiger charge is 2.17. The average Bonchev–Trinajstić information content (AvgIpc) is 2.74. The number of hydrogen-bond acceptors (Lipinski definition) is 5. The summed E-state index contributed by atoms with van der Waals surface area (Å²) < 4.78 is 10.8. The highest BCUT2D eigenvalue weighted by atomic mass is 35.5. The molecule has 0 atom stereocenters. The van der Waals surface area contributed by atoms with Crippen LogP contribution in [-0.4, -0.2) is 38.4 Å². The van der Waals surface area contributed by atoms with Gasteiger partial charge in [-0.25, -0.2) is 4.98 Å². The Kier molecular flexibility index (Phi) is 7.09. The summed E-state index contributed by atoms with van der Waals surface area (Å²) in [6.45, 7) is 4.83. The van der Waals surface area contributed by atoms with E-state index in [9.17, 15) is 0 Å². The van der Waals surface area contributed by atoms with Crippen molar-refractivity contribution in [1.29, 1.82) is 0 Å². The molecule has 1 aliphatic heterocycles. The van der Waals surface area contributed by atoms with Crippen molar-refractivity contribution in [3.05, 3.63) is 65.7 Å². The third kappa shape index (κ3) is 4.73. The molecule has 0 unspecified atom stereocenters. The molecule has 148 valence electrons. The van der Waals surface area contributed by atoms with Crippen LogP contribution in [0.15, 0.2) is 54.6 Å². The second-order valence-electron chi connectivity index (χ2n) is 6.72. The van der Waals surface area contributed by atoms with Crippen LogP contribution in [0, 0.1) is 0 Å². The Morgan fingerprint density at radius 3 is 2.68 bits per heavy atom. The van der Waals surface area contributed by atoms with E-state index in [1.54, 1.807) is 7.11 Å². The Bertz CT molecular complexity index is 913. The van der Waals surface area contributed by atoms with Gasteiger partial charge in [0.1, 0.15) is 11.6 Å². The van der Waals surface area contributed by atoms with E-state index in [1.807, 2.05) is 18.2 Å². The quantitative estimate of drug-likeness (QED) is 0.683. The number of anilines is 1. The van der Waals surface area contributed by atoms with Gasteiger partial charge in [0.05, 0.1) is 25.8 Å². The van der Waals surface area contributed by atoms with E-state index in [0.717, 1.165) is 56.5 Å². The fourth-order valence-corrected chi connectivity index (χ4v) is 3.45. The van der Waals surface area contributed by atoms with Crippen LogP contribution in [0.3, 0.4) is 0 Å². The predicted octanol–water partition coefficient (Wildman–Crippen LogP) is 3.79. The zero-order chi connectivity index (χ0) is 18.5. The molecule has 2 heterocycles. The summed E-state index contributed by atoms with van der Waals surface area (Å²) in [6.07, 6.45) is 0. The summed E-state index contributed by atoms with van der Waals surface area (Å²) in [5, 5.41) is 4.73. The molecule has 0 saturated carbocycles. The first-order chi connectivity index (χ1) is 13.3. The number of methoxy groups -OCH3 is 1. The van der Waals surface area contributed by atoms with Gasteiger partial charge in [-0.1, -0.05) is 30.3 Å². The molecule has 0 amide bonds. The Morgan fingerprint density at radius 1 is 1.04 bits per heavy atom. The van der Waals surface area contributed by atoms with Crippen molar-refractivity contribution >= 4 is 29.1 Å². The van der Waals surface area contributed by atoms with E-state index in [0.29, 0.717) is 0 Å². The van der Waals surface area contributed by atoms with Crippen molar-refractivity contribution in [3.8, 4) is 5.75 Å². The fraction of sp³-hybridized carbons (Fsp3) is 0.318. The van der Waals surface area contributed by atoms with Gasteiger partial charge in [-0.2, -0.15) is 0 Å². The largest absolute Gasteiger partial charge is 0.497 e. The Hall–Kier alpha value is -2.34. The number of halogens is 1. The zero-order valence-electron chi connectivity index (χ0n) is 16.1. The number of nitrogens with zero attached hydrogens (tertiary/aromatic N) is 2. The van der Waals surface area contributed by atoms with Crippen LogP contribution in [0.1, 0.15) is 11.1 Å². The van der Waals surface area contributed by atoms with Gasteiger partial charge >= 0.3 is 0 Å². The van der Waals surface area contributed by atoms with E-state index >= 15 is 0 Å². The van der Waals surface area contributed by atoms with Crippen molar-refractivity contribution < 1.29 is 9.47 Å². The third-order valence-corrected chi connectivity index (χ3v) is 4.87. The van der Waals surface area contributed by atoms with E-state index < -0.39 is 0 Å². The second kappa shape index (κ2) is 9.73. The highest BCUT2D eigenvalue weighted by molar-refractivity contribution is 5.85. The average molecular weight is 400 g/mol. The molecule has 1 aliphatic rings. The first-order valence-corrected chi connectivity index (χ1v) is 9.38. The minimum Gasteiger partial charge on any atom is -0.497 e. The molecule has 1 N–H and O–H groups in total. The summed E-state index contributed by atoms with van der Waals surface area (Å²) in [4.78, 5) is 7.29. The number of nitrogens with one attached hydrogen (secondary N) is 1. The van der Waals surface area contributed by atoms with Crippen molar-refractivity contribution in [3.63, 3.8) is 0 Å². The van der Waals surface area contributed by atoms with Crippen LogP contribution in [0.2, 0.25) is 0 Å². The highest BCUT2D eigenvalue weighted by Crippen LogP contribution is 2.24. The molecule has 0 radical (unpaired) electrons. The Morgan fingerprint density at radius 2 is 1.86 bits per heavy atom. The topological polar surface area (TPSA) is 46.6 Å². The second-order valence-corrected chi connectivity index (χ2v) is 6.72.